The van der Waals surface area contributed by atoms with E-state index in [0.29, 0.717) is 16.8 Å². The molecule has 15 heavy (non-hydrogen) atoms. The van der Waals surface area contributed by atoms with Crippen LogP contribution in [0.5, 0.6) is 0 Å². The van der Waals surface area contributed by atoms with Gasteiger partial charge in [-0.25, -0.2) is 0 Å². The van der Waals surface area contributed by atoms with Crippen molar-refractivity contribution in [2.45, 2.75) is 31.7 Å². The minimum Gasteiger partial charge on any atom is -0.379 e. The Kier molecular flexibility index (Phi) is 4.84. The maximum atomic E-state index is 5.93. The Labute approximate surface area is 102 Å². The molecule has 0 aromatic heterocycles. The van der Waals surface area contributed by atoms with Crippen LogP contribution in [0, 0.1) is 0 Å². The smallest absolute Gasteiger partial charge is 0.125 e. The number of ether oxygens (including phenoxy) is 1. The Balaban J connectivity index is 2.20. The first-order chi connectivity index (χ1) is 6.88. The van der Waals surface area contributed by atoms with Gasteiger partial charge in [0.25, 0.3) is 0 Å². The molecule has 1 unspecified atom stereocenters. The Bertz CT molecular complexity index is 284. The van der Waals surface area contributed by atoms with Gasteiger partial charge in [0.05, 0.1) is 6.61 Å². The number of allylic oxidation sites excluding steroid dienone is 1. The summed E-state index contributed by atoms with van der Waals surface area (Å²) in [6, 6.07) is 1.08. The molecule has 0 saturated heterocycles. The molecule has 0 N–H and O–H groups in total. The van der Waals surface area contributed by atoms with Crippen molar-refractivity contribution in [3.05, 3.63) is 11.1 Å². The first-order valence-corrected chi connectivity index (χ1v) is 9.53. The van der Waals surface area contributed by atoms with Gasteiger partial charge in [-0.2, -0.15) is 0 Å². The highest BCUT2D eigenvalue weighted by molar-refractivity contribution is 6.76. The number of aliphatic imine (C=N–C) groups is 1. The van der Waals surface area contributed by atoms with Gasteiger partial charge in [0.1, 0.15) is 11.2 Å². The fourth-order valence-electron chi connectivity index (χ4n) is 1.15. The van der Waals surface area contributed by atoms with Crippen LogP contribution in [0.15, 0.2) is 16.1 Å². The van der Waals surface area contributed by atoms with Crippen LogP contribution < -0.4 is 0 Å². The summed E-state index contributed by atoms with van der Waals surface area (Å²) >= 11 is 11.7. The molecule has 1 rings (SSSR count). The zero-order valence-corrected chi connectivity index (χ0v) is 11.9. The molecular weight excluding hydrogens is 249 g/mol. The molecule has 0 radical (unpaired) electrons. The van der Waals surface area contributed by atoms with Crippen LogP contribution in [0.4, 0.5) is 0 Å². The lowest BCUT2D eigenvalue weighted by molar-refractivity contribution is 0.142. The molecule has 1 heterocycles. The van der Waals surface area contributed by atoms with Crippen molar-refractivity contribution in [2.75, 3.05) is 13.2 Å². The van der Waals surface area contributed by atoms with Gasteiger partial charge in [-0.1, -0.05) is 42.8 Å². The number of nitrogens with zero attached hydrogens (tertiary/aromatic N) is 1. The topological polar surface area (TPSA) is 21.6 Å². The van der Waals surface area contributed by atoms with E-state index in [9.17, 15) is 0 Å². The minimum absolute atomic E-state index is 0.0826. The van der Waals surface area contributed by atoms with Gasteiger partial charge in [0, 0.05) is 19.7 Å². The van der Waals surface area contributed by atoms with Gasteiger partial charge in [-0.3, -0.25) is 4.99 Å². The number of halogens is 2. The zero-order chi connectivity index (χ0) is 11.5. The Morgan fingerprint density at radius 2 is 2.07 bits per heavy atom. The third kappa shape index (κ3) is 5.16. The first kappa shape index (κ1) is 13.2. The van der Waals surface area contributed by atoms with E-state index in [0.717, 1.165) is 6.61 Å². The molecule has 0 fully saturated rings. The van der Waals surface area contributed by atoms with Crippen LogP contribution in [0.25, 0.3) is 0 Å². The van der Waals surface area contributed by atoms with E-state index in [4.69, 9.17) is 27.9 Å². The fourth-order valence-corrected chi connectivity index (χ4v) is 2.41. The molecule has 1 aliphatic heterocycles. The summed E-state index contributed by atoms with van der Waals surface area (Å²) in [5.74, 6) is 0. The summed E-state index contributed by atoms with van der Waals surface area (Å²) in [6.45, 7) is 8.31. The third-order valence-electron chi connectivity index (χ3n) is 2.13. The average Bonchev–Trinajstić information content (AvgIpc) is 2.37. The number of hydrogen-bond donors (Lipinski definition) is 0. The van der Waals surface area contributed by atoms with Gasteiger partial charge in [-0.05, 0) is 12.1 Å². The van der Waals surface area contributed by atoms with Crippen LogP contribution in [-0.4, -0.2) is 32.5 Å². The standard InChI is InChI=1S/C10H17Cl2NOSi/c1-15(2,3)5-4-14-7-9-8(11)6-10(12)13-9/h6,9H,4-5,7H2,1-3H3. The van der Waals surface area contributed by atoms with E-state index in [1.165, 1.54) is 6.04 Å². The maximum absolute atomic E-state index is 5.93. The van der Waals surface area contributed by atoms with Crippen molar-refractivity contribution in [1.82, 2.24) is 0 Å². The highest BCUT2D eigenvalue weighted by Crippen LogP contribution is 2.20. The molecule has 0 aromatic rings. The van der Waals surface area contributed by atoms with E-state index >= 15 is 0 Å². The summed E-state index contributed by atoms with van der Waals surface area (Å²) in [5, 5.41) is 1.15. The van der Waals surface area contributed by atoms with Crippen LogP contribution in [0.3, 0.4) is 0 Å². The van der Waals surface area contributed by atoms with E-state index < -0.39 is 8.07 Å². The summed E-state index contributed by atoms with van der Waals surface area (Å²) in [4.78, 5) is 4.15. The molecule has 1 aliphatic rings. The van der Waals surface area contributed by atoms with Crippen LogP contribution >= 0.6 is 23.2 Å². The number of rotatable bonds is 5. The van der Waals surface area contributed by atoms with Gasteiger partial charge in [0.15, 0.2) is 0 Å². The van der Waals surface area contributed by atoms with Gasteiger partial charge < -0.3 is 4.74 Å². The molecular formula is C10H17Cl2NOSi. The summed E-state index contributed by atoms with van der Waals surface area (Å²) in [7, 11) is -0.999. The summed E-state index contributed by atoms with van der Waals surface area (Å²) in [6.07, 6.45) is 1.68. The SMILES string of the molecule is C[Si](C)(C)CCOCC1N=C(Cl)C=C1Cl. The number of hydrogen-bond acceptors (Lipinski definition) is 2. The van der Waals surface area contributed by atoms with Crippen LogP contribution in [-0.2, 0) is 4.74 Å². The average molecular weight is 266 g/mol. The monoisotopic (exact) mass is 265 g/mol. The van der Waals surface area contributed by atoms with Gasteiger partial charge in [0.2, 0.25) is 0 Å². The van der Waals surface area contributed by atoms with E-state index in [1.807, 2.05) is 0 Å². The molecule has 86 valence electrons. The predicted molar refractivity (Wildman–Crippen MR) is 70.0 cm³/mol. The molecule has 0 saturated carbocycles. The molecule has 0 amide bonds. The summed E-state index contributed by atoms with van der Waals surface area (Å²) in [5.41, 5.74) is 0. The van der Waals surface area contributed by atoms with Crippen molar-refractivity contribution in [3.8, 4) is 0 Å². The van der Waals surface area contributed by atoms with E-state index in [1.54, 1.807) is 6.08 Å². The lowest BCUT2D eigenvalue weighted by Gasteiger charge is -2.16. The van der Waals surface area contributed by atoms with E-state index in [2.05, 4.69) is 24.6 Å². The second-order valence-corrected chi connectivity index (χ2v) is 11.3. The molecule has 0 aliphatic carbocycles. The first-order valence-electron chi connectivity index (χ1n) is 5.06. The highest BCUT2D eigenvalue weighted by Gasteiger charge is 2.19. The Morgan fingerprint density at radius 3 is 2.53 bits per heavy atom. The van der Waals surface area contributed by atoms with Crippen molar-refractivity contribution in [3.63, 3.8) is 0 Å². The van der Waals surface area contributed by atoms with Crippen LogP contribution in [0.1, 0.15) is 0 Å². The largest absolute Gasteiger partial charge is 0.379 e. The Morgan fingerprint density at radius 1 is 1.40 bits per heavy atom. The quantitative estimate of drug-likeness (QED) is 0.551. The van der Waals surface area contributed by atoms with Gasteiger partial charge >= 0.3 is 0 Å². The second-order valence-electron chi connectivity index (χ2n) is 4.88. The molecule has 2 nitrogen and oxygen atoms in total. The molecule has 0 bridgehead atoms. The zero-order valence-electron chi connectivity index (χ0n) is 9.39. The molecule has 1 atom stereocenters. The Hall–Kier alpha value is 0.167. The molecule has 0 aromatic carbocycles. The van der Waals surface area contributed by atoms with Crippen molar-refractivity contribution < 1.29 is 4.74 Å². The lowest BCUT2D eigenvalue weighted by Crippen LogP contribution is -2.23. The van der Waals surface area contributed by atoms with Crippen molar-refractivity contribution >= 4 is 36.4 Å². The van der Waals surface area contributed by atoms with Gasteiger partial charge in [-0.15, -0.1) is 0 Å². The van der Waals surface area contributed by atoms with Crippen molar-refractivity contribution in [1.29, 1.82) is 0 Å². The maximum Gasteiger partial charge on any atom is 0.125 e. The predicted octanol–water partition coefficient (Wildman–Crippen LogP) is 3.48. The van der Waals surface area contributed by atoms with Crippen LogP contribution in [0.2, 0.25) is 25.7 Å². The summed E-state index contributed by atoms with van der Waals surface area (Å²) < 4.78 is 5.56. The second kappa shape index (κ2) is 5.48. The highest BCUT2D eigenvalue weighted by atomic mass is 35.5. The minimum atomic E-state index is -0.999. The third-order valence-corrected chi connectivity index (χ3v) is 4.40. The fraction of sp³-hybridized carbons (Fsp3) is 0.700. The lowest BCUT2D eigenvalue weighted by atomic mass is 10.3. The van der Waals surface area contributed by atoms with Crippen molar-refractivity contribution in [2.24, 2.45) is 4.99 Å². The van der Waals surface area contributed by atoms with E-state index in [-0.39, 0.29) is 6.04 Å². The molecule has 0 spiro atoms. The normalized spacial score (nSPS) is 21.5. The molecule has 5 heteroatoms.